The van der Waals surface area contributed by atoms with Crippen LogP contribution >= 0.6 is 0 Å². The molecule has 1 aliphatic heterocycles. The molecule has 1 heterocycles. The van der Waals surface area contributed by atoms with E-state index in [0.717, 1.165) is 19.6 Å². The average Bonchev–Trinajstić information content (AvgIpc) is 2.95. The molecular formula is C18H22N2. The standard InChI is InChI=1S/C18H22N2/c1-3-7-16(8-4-1)13-19-18-11-12-20(15-18)14-17-9-5-2-6-10-17/h1-10,18-19H,11-15H2/t18-/m1/s1. The average molecular weight is 266 g/mol. The number of hydrogen-bond acceptors (Lipinski definition) is 2. The van der Waals surface area contributed by atoms with E-state index in [1.807, 2.05) is 0 Å². The van der Waals surface area contributed by atoms with E-state index >= 15 is 0 Å². The van der Waals surface area contributed by atoms with Crippen molar-refractivity contribution >= 4 is 0 Å². The first-order valence-corrected chi connectivity index (χ1v) is 7.44. The van der Waals surface area contributed by atoms with Gasteiger partial charge in [-0.05, 0) is 17.5 Å². The van der Waals surface area contributed by atoms with Crippen molar-refractivity contribution in [2.75, 3.05) is 13.1 Å². The van der Waals surface area contributed by atoms with Gasteiger partial charge in [0.2, 0.25) is 0 Å². The molecule has 1 saturated heterocycles. The first kappa shape index (κ1) is 13.3. The van der Waals surface area contributed by atoms with Gasteiger partial charge in [-0.2, -0.15) is 0 Å². The van der Waals surface area contributed by atoms with Crippen molar-refractivity contribution in [2.45, 2.75) is 25.6 Å². The lowest BCUT2D eigenvalue weighted by Gasteiger charge is -2.16. The van der Waals surface area contributed by atoms with E-state index in [0.29, 0.717) is 6.04 Å². The lowest BCUT2D eigenvalue weighted by atomic mass is 10.2. The Hall–Kier alpha value is -1.64. The minimum Gasteiger partial charge on any atom is -0.309 e. The highest BCUT2D eigenvalue weighted by atomic mass is 15.2. The van der Waals surface area contributed by atoms with Crippen LogP contribution in [0.25, 0.3) is 0 Å². The zero-order chi connectivity index (χ0) is 13.6. The van der Waals surface area contributed by atoms with Gasteiger partial charge in [0.05, 0.1) is 0 Å². The summed E-state index contributed by atoms with van der Waals surface area (Å²) in [5.74, 6) is 0. The van der Waals surface area contributed by atoms with Gasteiger partial charge in [-0.1, -0.05) is 60.7 Å². The van der Waals surface area contributed by atoms with E-state index in [1.54, 1.807) is 0 Å². The van der Waals surface area contributed by atoms with Gasteiger partial charge in [0.25, 0.3) is 0 Å². The Kier molecular flexibility index (Phi) is 4.46. The van der Waals surface area contributed by atoms with Crippen molar-refractivity contribution in [1.82, 2.24) is 10.2 Å². The minimum atomic E-state index is 0.624. The Balaban J connectivity index is 1.45. The van der Waals surface area contributed by atoms with Gasteiger partial charge in [0.15, 0.2) is 0 Å². The second kappa shape index (κ2) is 6.69. The molecule has 3 rings (SSSR count). The Morgan fingerprint density at radius 2 is 1.55 bits per heavy atom. The summed E-state index contributed by atoms with van der Waals surface area (Å²) in [6.07, 6.45) is 1.25. The molecule has 0 aliphatic carbocycles. The first-order chi connectivity index (χ1) is 9.90. The summed E-state index contributed by atoms with van der Waals surface area (Å²) < 4.78 is 0. The molecule has 0 unspecified atom stereocenters. The van der Waals surface area contributed by atoms with Crippen LogP contribution in [0.4, 0.5) is 0 Å². The van der Waals surface area contributed by atoms with Crippen molar-refractivity contribution in [2.24, 2.45) is 0 Å². The minimum absolute atomic E-state index is 0.624. The molecule has 104 valence electrons. The number of nitrogens with zero attached hydrogens (tertiary/aromatic N) is 1. The van der Waals surface area contributed by atoms with Gasteiger partial charge in [0.1, 0.15) is 0 Å². The molecule has 1 N–H and O–H groups in total. The van der Waals surface area contributed by atoms with Crippen molar-refractivity contribution in [1.29, 1.82) is 0 Å². The van der Waals surface area contributed by atoms with E-state index in [1.165, 1.54) is 24.1 Å². The highest BCUT2D eigenvalue weighted by Gasteiger charge is 2.21. The second-order valence-electron chi connectivity index (χ2n) is 5.57. The fourth-order valence-electron chi connectivity index (χ4n) is 2.84. The van der Waals surface area contributed by atoms with Gasteiger partial charge in [0, 0.05) is 32.2 Å². The second-order valence-corrected chi connectivity index (χ2v) is 5.57. The number of likely N-dealkylation sites (tertiary alicyclic amines) is 1. The third-order valence-corrected chi connectivity index (χ3v) is 3.96. The molecule has 0 amide bonds. The number of rotatable bonds is 5. The topological polar surface area (TPSA) is 15.3 Å². The molecule has 1 atom stereocenters. The Labute approximate surface area is 121 Å². The Morgan fingerprint density at radius 1 is 0.900 bits per heavy atom. The molecule has 0 radical (unpaired) electrons. The zero-order valence-corrected chi connectivity index (χ0v) is 11.8. The molecule has 0 saturated carbocycles. The van der Waals surface area contributed by atoms with E-state index < -0.39 is 0 Å². The third kappa shape index (κ3) is 3.69. The molecule has 1 aliphatic rings. The molecule has 0 spiro atoms. The maximum Gasteiger partial charge on any atom is 0.0234 e. The molecule has 2 aromatic carbocycles. The fraction of sp³-hybridized carbons (Fsp3) is 0.333. The van der Waals surface area contributed by atoms with E-state index in [9.17, 15) is 0 Å². The quantitative estimate of drug-likeness (QED) is 0.895. The molecule has 2 heteroatoms. The van der Waals surface area contributed by atoms with Gasteiger partial charge in [-0.25, -0.2) is 0 Å². The van der Waals surface area contributed by atoms with Gasteiger partial charge >= 0.3 is 0 Å². The number of nitrogens with one attached hydrogen (secondary N) is 1. The monoisotopic (exact) mass is 266 g/mol. The van der Waals surface area contributed by atoms with Crippen LogP contribution in [0.15, 0.2) is 60.7 Å². The van der Waals surface area contributed by atoms with Crippen LogP contribution in [0.3, 0.4) is 0 Å². The molecule has 0 bridgehead atoms. The van der Waals surface area contributed by atoms with Gasteiger partial charge in [-0.3, -0.25) is 4.90 Å². The summed E-state index contributed by atoms with van der Waals surface area (Å²) >= 11 is 0. The van der Waals surface area contributed by atoms with Crippen LogP contribution < -0.4 is 5.32 Å². The smallest absolute Gasteiger partial charge is 0.0234 e. The van der Waals surface area contributed by atoms with Crippen molar-refractivity contribution in [3.8, 4) is 0 Å². The van der Waals surface area contributed by atoms with Crippen LogP contribution in [0.2, 0.25) is 0 Å². The predicted octanol–water partition coefficient (Wildman–Crippen LogP) is 3.05. The highest BCUT2D eigenvalue weighted by Crippen LogP contribution is 2.14. The Bertz CT molecular complexity index is 509. The van der Waals surface area contributed by atoms with Crippen LogP contribution in [0, 0.1) is 0 Å². The summed E-state index contributed by atoms with van der Waals surface area (Å²) in [4.78, 5) is 2.54. The van der Waals surface area contributed by atoms with Gasteiger partial charge in [-0.15, -0.1) is 0 Å². The molecule has 2 aromatic rings. The molecule has 0 aromatic heterocycles. The molecular weight excluding hydrogens is 244 g/mol. The van der Waals surface area contributed by atoms with Gasteiger partial charge < -0.3 is 5.32 Å². The summed E-state index contributed by atoms with van der Waals surface area (Å²) in [5, 5.41) is 3.67. The van der Waals surface area contributed by atoms with Crippen molar-refractivity contribution < 1.29 is 0 Å². The van der Waals surface area contributed by atoms with E-state index in [2.05, 4.69) is 70.9 Å². The Morgan fingerprint density at radius 3 is 2.25 bits per heavy atom. The highest BCUT2D eigenvalue weighted by molar-refractivity contribution is 5.15. The first-order valence-electron chi connectivity index (χ1n) is 7.44. The molecule has 20 heavy (non-hydrogen) atoms. The SMILES string of the molecule is c1ccc(CN[C@@H]2CCN(Cc3ccccc3)C2)cc1. The van der Waals surface area contributed by atoms with Crippen LogP contribution in [-0.2, 0) is 13.1 Å². The molecule has 2 nitrogen and oxygen atoms in total. The summed E-state index contributed by atoms with van der Waals surface area (Å²) in [6, 6.07) is 22.0. The van der Waals surface area contributed by atoms with Crippen molar-refractivity contribution in [3.63, 3.8) is 0 Å². The largest absolute Gasteiger partial charge is 0.309 e. The van der Waals surface area contributed by atoms with Crippen LogP contribution in [0.5, 0.6) is 0 Å². The summed E-state index contributed by atoms with van der Waals surface area (Å²) in [7, 11) is 0. The normalized spacial score (nSPS) is 19.3. The maximum atomic E-state index is 3.67. The lowest BCUT2D eigenvalue weighted by Crippen LogP contribution is -2.31. The third-order valence-electron chi connectivity index (χ3n) is 3.96. The maximum absolute atomic E-state index is 3.67. The summed E-state index contributed by atoms with van der Waals surface area (Å²) in [5.41, 5.74) is 2.78. The van der Waals surface area contributed by atoms with Crippen LogP contribution in [0.1, 0.15) is 17.5 Å². The fourth-order valence-corrected chi connectivity index (χ4v) is 2.84. The lowest BCUT2D eigenvalue weighted by molar-refractivity contribution is 0.320. The van der Waals surface area contributed by atoms with Crippen molar-refractivity contribution in [3.05, 3.63) is 71.8 Å². The summed E-state index contributed by atoms with van der Waals surface area (Å²) in [6.45, 7) is 4.40. The van der Waals surface area contributed by atoms with E-state index in [4.69, 9.17) is 0 Å². The van der Waals surface area contributed by atoms with Crippen LogP contribution in [-0.4, -0.2) is 24.0 Å². The predicted molar refractivity (Wildman–Crippen MR) is 83.4 cm³/mol. The number of benzene rings is 2. The zero-order valence-electron chi connectivity index (χ0n) is 11.8. The van der Waals surface area contributed by atoms with E-state index in [-0.39, 0.29) is 0 Å². The number of hydrogen-bond donors (Lipinski definition) is 1. The molecule has 1 fully saturated rings.